The van der Waals surface area contributed by atoms with E-state index in [0.717, 1.165) is 50.3 Å². The lowest BCUT2D eigenvalue weighted by Crippen LogP contribution is -2.62. The third-order valence-electron chi connectivity index (χ3n) is 10.5. The third-order valence-corrected chi connectivity index (χ3v) is 11.5. The maximum absolute atomic E-state index is 14.6. The van der Waals surface area contributed by atoms with E-state index in [-0.39, 0.29) is 22.1 Å². The molecule has 0 aromatic heterocycles. The summed E-state index contributed by atoms with van der Waals surface area (Å²) < 4.78 is 61.7. The lowest BCUT2D eigenvalue weighted by molar-refractivity contribution is -0.297. The molecular formula is C24H35F3O3S2. The minimum absolute atomic E-state index is 0.0103. The molecule has 0 aromatic carbocycles. The highest BCUT2D eigenvalue weighted by Gasteiger charge is 2.75. The van der Waals surface area contributed by atoms with E-state index in [4.69, 9.17) is 26.4 Å². The van der Waals surface area contributed by atoms with Crippen LogP contribution in [-0.2, 0) is 14.2 Å². The second kappa shape index (κ2) is 7.72. The number of hydrogen-bond acceptors (Lipinski definition) is 5. The van der Waals surface area contributed by atoms with Crippen molar-refractivity contribution in [2.75, 3.05) is 19.5 Å². The van der Waals surface area contributed by atoms with E-state index < -0.39 is 23.0 Å². The Morgan fingerprint density at radius 1 is 0.969 bits per heavy atom. The van der Waals surface area contributed by atoms with Crippen molar-refractivity contribution in [1.82, 2.24) is 0 Å². The van der Waals surface area contributed by atoms with Crippen molar-refractivity contribution >= 4 is 28.4 Å². The molecule has 32 heavy (non-hydrogen) atoms. The van der Waals surface area contributed by atoms with E-state index in [1.165, 1.54) is 0 Å². The minimum atomic E-state index is -4.43. The van der Waals surface area contributed by atoms with Crippen LogP contribution >= 0.6 is 24.0 Å². The predicted octanol–water partition coefficient (Wildman–Crippen LogP) is 6.74. The van der Waals surface area contributed by atoms with E-state index in [1.807, 2.05) is 6.92 Å². The average Bonchev–Trinajstić information content (AvgIpc) is 3.31. The highest BCUT2D eigenvalue weighted by atomic mass is 32.2. The highest BCUT2D eigenvalue weighted by Crippen LogP contribution is 2.71. The van der Waals surface area contributed by atoms with Crippen molar-refractivity contribution in [3.8, 4) is 0 Å². The highest BCUT2D eigenvalue weighted by molar-refractivity contribution is 8.22. The molecule has 0 N–H and O–H groups in total. The number of ether oxygens (including phenoxy) is 3. The maximum atomic E-state index is 14.6. The molecule has 3 nitrogen and oxygen atoms in total. The fourth-order valence-corrected chi connectivity index (χ4v) is 9.20. The van der Waals surface area contributed by atoms with E-state index in [0.29, 0.717) is 43.8 Å². The first-order valence-electron chi connectivity index (χ1n) is 12.1. The van der Waals surface area contributed by atoms with E-state index in [9.17, 15) is 13.2 Å². The monoisotopic (exact) mass is 492 g/mol. The Hall–Kier alpha value is -0.0500. The first-order chi connectivity index (χ1) is 15.0. The Balaban J connectivity index is 1.43. The molecule has 1 heterocycles. The van der Waals surface area contributed by atoms with Gasteiger partial charge in [0, 0.05) is 18.3 Å². The fraction of sp³-hybridized carbons (Fsp3) is 0.958. The van der Waals surface area contributed by atoms with Gasteiger partial charge in [-0.25, -0.2) is 0 Å². The smallest absolute Gasteiger partial charge is 0.428 e. The lowest BCUT2D eigenvalue weighted by atomic mass is 9.44. The van der Waals surface area contributed by atoms with Gasteiger partial charge < -0.3 is 14.2 Å². The number of rotatable bonds is 1. The van der Waals surface area contributed by atoms with Crippen LogP contribution in [0.3, 0.4) is 0 Å². The summed E-state index contributed by atoms with van der Waals surface area (Å²) in [4.78, 5) is 0. The molecule has 0 aromatic rings. The van der Waals surface area contributed by atoms with Crippen LogP contribution in [0.15, 0.2) is 0 Å². The number of hydrogen-bond donors (Lipinski definition) is 0. The van der Waals surface area contributed by atoms with Crippen LogP contribution in [0.2, 0.25) is 0 Å². The minimum Gasteiger partial charge on any atom is -0.462 e. The van der Waals surface area contributed by atoms with Gasteiger partial charge in [0.15, 0.2) is 5.79 Å². The second-order valence-electron chi connectivity index (χ2n) is 11.3. The summed E-state index contributed by atoms with van der Waals surface area (Å²) in [6.45, 7) is 5.60. The lowest BCUT2D eigenvalue weighted by Gasteiger charge is -2.62. The van der Waals surface area contributed by atoms with Gasteiger partial charge in [0.05, 0.1) is 13.2 Å². The van der Waals surface area contributed by atoms with Gasteiger partial charge in [-0.2, -0.15) is 13.2 Å². The second-order valence-corrected chi connectivity index (χ2v) is 12.8. The average molecular weight is 493 g/mol. The summed E-state index contributed by atoms with van der Waals surface area (Å²) in [5.74, 6) is 0.939. The van der Waals surface area contributed by atoms with E-state index in [1.54, 1.807) is 6.26 Å². The number of fused-ring (bicyclic) bond motifs is 5. The van der Waals surface area contributed by atoms with Crippen molar-refractivity contribution in [2.45, 2.75) is 89.2 Å². The molecule has 182 valence electrons. The normalized spacial score (nSPS) is 47.6. The van der Waals surface area contributed by atoms with Crippen LogP contribution in [0, 0.1) is 34.5 Å². The Morgan fingerprint density at radius 2 is 1.66 bits per heavy atom. The zero-order chi connectivity index (χ0) is 23.0. The van der Waals surface area contributed by atoms with Crippen LogP contribution in [-0.4, -0.2) is 41.4 Å². The van der Waals surface area contributed by atoms with Gasteiger partial charge in [-0.1, -0.05) is 25.6 Å². The van der Waals surface area contributed by atoms with Gasteiger partial charge in [-0.3, -0.25) is 0 Å². The number of thiocarbonyl (C=S) groups is 1. The van der Waals surface area contributed by atoms with Crippen LogP contribution in [0.4, 0.5) is 13.2 Å². The number of halogens is 3. The molecule has 4 aliphatic carbocycles. The molecule has 1 spiro atoms. The van der Waals surface area contributed by atoms with Crippen molar-refractivity contribution in [3.63, 3.8) is 0 Å². The molecule has 0 radical (unpaired) electrons. The van der Waals surface area contributed by atoms with Gasteiger partial charge in [0.1, 0.15) is 0 Å². The molecule has 1 unspecified atom stereocenters. The van der Waals surface area contributed by atoms with Crippen LogP contribution < -0.4 is 0 Å². The zero-order valence-corrected chi connectivity index (χ0v) is 20.9. The van der Waals surface area contributed by atoms with Gasteiger partial charge in [0.25, 0.3) is 0 Å². The summed E-state index contributed by atoms with van der Waals surface area (Å²) in [5, 5.41) is 0. The molecule has 4 saturated carbocycles. The zero-order valence-electron chi connectivity index (χ0n) is 19.3. The maximum Gasteiger partial charge on any atom is 0.428 e. The molecule has 0 amide bonds. The third kappa shape index (κ3) is 3.17. The Labute approximate surface area is 198 Å². The quantitative estimate of drug-likeness (QED) is 0.378. The molecule has 5 rings (SSSR count). The Morgan fingerprint density at radius 3 is 2.31 bits per heavy atom. The topological polar surface area (TPSA) is 27.7 Å². The Kier molecular flexibility index (Phi) is 5.72. The molecule has 8 heteroatoms. The van der Waals surface area contributed by atoms with Crippen LogP contribution in [0.25, 0.3) is 0 Å². The van der Waals surface area contributed by atoms with Crippen molar-refractivity contribution in [3.05, 3.63) is 0 Å². The summed E-state index contributed by atoms with van der Waals surface area (Å²) >= 11 is 6.25. The number of alkyl halides is 3. The largest absolute Gasteiger partial charge is 0.462 e. The van der Waals surface area contributed by atoms with Gasteiger partial charge in [0.2, 0.25) is 9.98 Å². The first-order valence-corrected chi connectivity index (χ1v) is 13.8. The predicted molar refractivity (Wildman–Crippen MR) is 122 cm³/mol. The number of thioether (sulfide) groups is 1. The SMILES string of the molecule is CSC(=S)O[C@]1(C(F)(F)F)CC[C@H]2[C@@H]3CCC4CC5(CC[C@]4(C)[C@H]3CC[C@@]21C)OCCO5. The van der Waals surface area contributed by atoms with Crippen LogP contribution in [0.1, 0.15) is 71.6 Å². The summed E-state index contributed by atoms with van der Waals surface area (Å²) in [7, 11) is 0. The van der Waals surface area contributed by atoms with E-state index in [2.05, 4.69) is 6.92 Å². The molecule has 5 fully saturated rings. The van der Waals surface area contributed by atoms with Crippen molar-refractivity contribution < 1.29 is 27.4 Å². The first kappa shape index (κ1) is 23.7. The molecule has 1 aliphatic heterocycles. The van der Waals surface area contributed by atoms with Gasteiger partial charge in [-0.15, -0.1) is 0 Å². The standard InChI is InChI=1S/C24H35F3O3S2/c1-20-10-11-22(28-12-13-29-22)14-15(20)4-5-16-17(20)6-8-21(2)18(16)7-9-23(21,24(25,26)27)30-19(31)32-3/h15-18H,4-14H2,1-3H3/t15?,16-,17+,18+,20+,21+,23-/m1/s1. The fourth-order valence-electron chi connectivity index (χ4n) is 8.83. The van der Waals surface area contributed by atoms with Gasteiger partial charge >= 0.3 is 6.18 Å². The molecule has 5 aliphatic rings. The van der Waals surface area contributed by atoms with Crippen molar-refractivity contribution in [2.24, 2.45) is 34.5 Å². The molecular weight excluding hydrogens is 457 g/mol. The summed E-state index contributed by atoms with van der Waals surface area (Å²) in [6.07, 6.45) is 4.19. The van der Waals surface area contributed by atoms with E-state index >= 15 is 0 Å². The molecule has 7 atom stereocenters. The van der Waals surface area contributed by atoms with Gasteiger partial charge in [-0.05, 0) is 92.5 Å². The summed E-state index contributed by atoms with van der Waals surface area (Å²) in [6, 6.07) is 0. The van der Waals surface area contributed by atoms with Crippen molar-refractivity contribution in [1.29, 1.82) is 0 Å². The Bertz CT molecular complexity index is 770. The molecule has 1 saturated heterocycles. The molecule has 0 bridgehead atoms. The van der Waals surface area contributed by atoms with Crippen LogP contribution in [0.5, 0.6) is 0 Å². The summed E-state index contributed by atoms with van der Waals surface area (Å²) in [5.41, 5.74) is -2.93.